The van der Waals surface area contributed by atoms with Gasteiger partial charge in [0.2, 0.25) is 5.91 Å². The summed E-state index contributed by atoms with van der Waals surface area (Å²) >= 11 is 3.45. The number of aryl methyl sites for hydroxylation is 1. The molecule has 1 aromatic rings. The highest BCUT2D eigenvalue weighted by Crippen LogP contribution is 2.29. The van der Waals surface area contributed by atoms with Crippen LogP contribution < -0.4 is 5.32 Å². The van der Waals surface area contributed by atoms with Gasteiger partial charge in [-0.15, -0.1) is 0 Å². The van der Waals surface area contributed by atoms with Crippen LogP contribution in [0.5, 0.6) is 0 Å². The Hall–Kier alpha value is -1.23. The molecule has 1 amide bonds. The molecule has 0 radical (unpaired) electrons. The first kappa shape index (κ1) is 12.2. The molecule has 0 aromatic heterocycles. The number of nitrogens with zero attached hydrogens (tertiary/aromatic N) is 1. The van der Waals surface area contributed by atoms with Crippen LogP contribution in [0, 0.1) is 11.8 Å². The summed E-state index contributed by atoms with van der Waals surface area (Å²) < 4.78 is 0.972. The summed E-state index contributed by atoms with van der Waals surface area (Å²) in [5.41, 5.74) is 2.03. The Morgan fingerprint density at radius 3 is 2.88 bits per heavy atom. The second-order valence-electron chi connectivity index (χ2n) is 4.27. The zero-order valence-corrected chi connectivity index (χ0v) is 11.0. The third-order valence-corrected chi connectivity index (χ3v) is 3.91. The van der Waals surface area contributed by atoms with Gasteiger partial charge in [0.25, 0.3) is 0 Å². The van der Waals surface area contributed by atoms with Crippen LogP contribution in [0.25, 0.3) is 0 Å². The summed E-state index contributed by atoms with van der Waals surface area (Å²) in [7, 11) is 0. The first-order valence-electron chi connectivity index (χ1n) is 5.49. The summed E-state index contributed by atoms with van der Waals surface area (Å²) in [5.74, 6) is -0.0217. The summed E-state index contributed by atoms with van der Waals surface area (Å²) in [6, 6.07) is 5.15. The Morgan fingerprint density at radius 1 is 1.47 bits per heavy atom. The molecule has 1 aromatic carbocycles. The van der Waals surface area contributed by atoms with E-state index in [1.54, 1.807) is 0 Å². The van der Waals surface area contributed by atoms with Gasteiger partial charge in [0.05, 0.1) is 6.04 Å². The quantitative estimate of drug-likeness (QED) is 0.853. The largest absolute Gasteiger partial charge is 0.347 e. The second kappa shape index (κ2) is 4.96. The highest BCUT2D eigenvalue weighted by molar-refractivity contribution is 9.10. The Kier molecular flexibility index (Phi) is 3.57. The molecule has 5 heteroatoms. The highest BCUT2D eigenvalue weighted by atomic mass is 79.9. The molecule has 0 spiro atoms. The van der Waals surface area contributed by atoms with Crippen LogP contribution in [0.1, 0.15) is 30.0 Å². The van der Waals surface area contributed by atoms with Crippen molar-refractivity contribution in [3.05, 3.63) is 38.7 Å². The number of hydrogen-bond acceptors (Lipinski definition) is 3. The van der Waals surface area contributed by atoms with E-state index >= 15 is 0 Å². The maximum absolute atomic E-state index is 11.4. The molecular weight excluding hydrogens is 284 g/mol. The van der Waals surface area contributed by atoms with Crippen molar-refractivity contribution in [1.82, 2.24) is 5.32 Å². The third-order valence-electron chi connectivity index (χ3n) is 3.06. The standard InChI is InChI=1S/C12H13BrN2O2/c1-7-2-3-8(6-9(7)13)12-10(15-17)4-5-11(16)14-12/h2-3,6,10,12H,4-5H2,1H3,(H,14,16). The lowest BCUT2D eigenvalue weighted by atomic mass is 9.92. The minimum Gasteiger partial charge on any atom is -0.347 e. The Bertz CT molecular complexity index is 462. The average Bonchev–Trinajstić information content (AvgIpc) is 2.32. The van der Waals surface area contributed by atoms with Crippen molar-refractivity contribution in [2.24, 2.45) is 5.18 Å². The fourth-order valence-electron chi connectivity index (χ4n) is 2.01. The number of nitroso groups, excluding NO2 is 1. The Labute approximate surface area is 108 Å². The van der Waals surface area contributed by atoms with E-state index in [1.807, 2.05) is 25.1 Å². The lowest BCUT2D eigenvalue weighted by Gasteiger charge is -2.28. The molecule has 1 fully saturated rings. The number of benzene rings is 1. The lowest BCUT2D eigenvalue weighted by molar-refractivity contribution is -0.123. The number of piperidine rings is 1. The van der Waals surface area contributed by atoms with Gasteiger partial charge in [-0.2, -0.15) is 4.91 Å². The van der Waals surface area contributed by atoms with E-state index in [4.69, 9.17) is 0 Å². The van der Waals surface area contributed by atoms with E-state index in [0.717, 1.165) is 15.6 Å². The number of nitrogens with one attached hydrogen (secondary N) is 1. The van der Waals surface area contributed by atoms with Gasteiger partial charge in [0.15, 0.2) is 0 Å². The zero-order chi connectivity index (χ0) is 12.4. The zero-order valence-electron chi connectivity index (χ0n) is 9.44. The molecule has 17 heavy (non-hydrogen) atoms. The first-order chi connectivity index (χ1) is 8.11. The third kappa shape index (κ3) is 2.54. The van der Waals surface area contributed by atoms with Crippen molar-refractivity contribution >= 4 is 21.8 Å². The Morgan fingerprint density at radius 2 is 2.24 bits per heavy atom. The van der Waals surface area contributed by atoms with Crippen molar-refractivity contribution in [3.63, 3.8) is 0 Å². The molecule has 0 aliphatic carbocycles. The fourth-order valence-corrected chi connectivity index (χ4v) is 2.41. The molecule has 1 aliphatic heterocycles. The number of amides is 1. The molecule has 2 rings (SSSR count). The van der Waals surface area contributed by atoms with Gasteiger partial charge in [-0.3, -0.25) is 4.79 Å². The average molecular weight is 297 g/mol. The normalized spacial score (nSPS) is 24.2. The summed E-state index contributed by atoms with van der Waals surface area (Å²) in [6.07, 6.45) is 0.894. The smallest absolute Gasteiger partial charge is 0.220 e. The van der Waals surface area contributed by atoms with Crippen molar-refractivity contribution in [2.75, 3.05) is 0 Å². The van der Waals surface area contributed by atoms with E-state index in [1.165, 1.54) is 0 Å². The number of hydrogen-bond donors (Lipinski definition) is 1. The van der Waals surface area contributed by atoms with E-state index in [9.17, 15) is 9.70 Å². The van der Waals surface area contributed by atoms with Gasteiger partial charge in [0.1, 0.15) is 6.04 Å². The maximum Gasteiger partial charge on any atom is 0.220 e. The predicted molar refractivity (Wildman–Crippen MR) is 68.6 cm³/mol. The first-order valence-corrected chi connectivity index (χ1v) is 6.29. The van der Waals surface area contributed by atoms with E-state index in [0.29, 0.717) is 12.8 Å². The van der Waals surface area contributed by atoms with Gasteiger partial charge in [-0.25, -0.2) is 0 Å². The summed E-state index contributed by atoms with van der Waals surface area (Å²) in [5, 5.41) is 5.94. The van der Waals surface area contributed by atoms with Crippen LogP contribution in [0.2, 0.25) is 0 Å². The molecule has 90 valence electrons. The minimum atomic E-state index is -0.373. The molecule has 1 heterocycles. The fraction of sp³-hybridized carbons (Fsp3) is 0.417. The molecule has 2 unspecified atom stereocenters. The Balaban J connectivity index is 2.31. The molecule has 0 saturated carbocycles. The van der Waals surface area contributed by atoms with E-state index < -0.39 is 0 Å². The monoisotopic (exact) mass is 296 g/mol. The SMILES string of the molecule is Cc1ccc(C2NC(=O)CCC2N=O)cc1Br. The minimum absolute atomic E-state index is 0.0217. The maximum atomic E-state index is 11.4. The highest BCUT2D eigenvalue weighted by Gasteiger charge is 2.30. The number of halogens is 1. The van der Waals surface area contributed by atoms with Crippen LogP contribution in [0.15, 0.2) is 27.8 Å². The van der Waals surface area contributed by atoms with Crippen molar-refractivity contribution in [1.29, 1.82) is 0 Å². The summed E-state index contributed by atoms with van der Waals surface area (Å²) in [6.45, 7) is 1.99. The number of carbonyl (C=O) groups excluding carboxylic acids is 1. The van der Waals surface area contributed by atoms with Gasteiger partial charge in [0, 0.05) is 10.9 Å². The molecule has 2 atom stereocenters. The van der Waals surface area contributed by atoms with Crippen LogP contribution >= 0.6 is 15.9 Å². The summed E-state index contributed by atoms with van der Waals surface area (Å²) in [4.78, 5) is 22.2. The van der Waals surface area contributed by atoms with Crippen molar-refractivity contribution in [2.45, 2.75) is 31.8 Å². The van der Waals surface area contributed by atoms with Crippen molar-refractivity contribution in [3.8, 4) is 0 Å². The van der Waals surface area contributed by atoms with Crippen LogP contribution in [0.3, 0.4) is 0 Å². The van der Waals surface area contributed by atoms with E-state index in [2.05, 4.69) is 26.4 Å². The van der Waals surface area contributed by atoms with Crippen LogP contribution in [-0.2, 0) is 4.79 Å². The predicted octanol–water partition coefficient (Wildman–Crippen LogP) is 2.84. The van der Waals surface area contributed by atoms with Gasteiger partial charge >= 0.3 is 0 Å². The van der Waals surface area contributed by atoms with E-state index in [-0.39, 0.29) is 18.0 Å². The number of carbonyl (C=O) groups is 1. The topological polar surface area (TPSA) is 58.5 Å². The molecule has 0 bridgehead atoms. The van der Waals surface area contributed by atoms with Gasteiger partial charge in [-0.05, 0) is 30.5 Å². The van der Waals surface area contributed by atoms with Gasteiger partial charge in [-0.1, -0.05) is 33.2 Å². The molecule has 1 aliphatic rings. The number of rotatable bonds is 2. The molecular formula is C12H13BrN2O2. The van der Waals surface area contributed by atoms with Gasteiger partial charge < -0.3 is 5.32 Å². The second-order valence-corrected chi connectivity index (χ2v) is 5.12. The molecule has 1 N–H and O–H groups in total. The lowest BCUT2D eigenvalue weighted by Crippen LogP contribution is -2.40. The van der Waals surface area contributed by atoms with Crippen molar-refractivity contribution < 1.29 is 4.79 Å². The van der Waals surface area contributed by atoms with Crippen LogP contribution in [0.4, 0.5) is 0 Å². The molecule has 4 nitrogen and oxygen atoms in total. The molecule has 1 saturated heterocycles. The van der Waals surface area contributed by atoms with Crippen LogP contribution in [-0.4, -0.2) is 11.9 Å².